The average Bonchev–Trinajstić information content (AvgIpc) is 2.93. The van der Waals surface area contributed by atoms with E-state index in [1.807, 2.05) is 6.92 Å². The monoisotopic (exact) mass is 289 g/mol. The molecule has 21 heavy (non-hydrogen) atoms. The third-order valence-electron chi connectivity index (χ3n) is 2.88. The zero-order chi connectivity index (χ0) is 15.1. The van der Waals surface area contributed by atoms with Crippen molar-refractivity contribution < 1.29 is 14.1 Å². The van der Waals surface area contributed by atoms with Gasteiger partial charge in [0.25, 0.3) is 11.8 Å². The first-order valence-corrected chi connectivity index (χ1v) is 6.97. The molecule has 0 saturated heterocycles. The van der Waals surface area contributed by atoms with E-state index in [2.05, 4.69) is 15.5 Å². The molecule has 1 amide bonds. The van der Waals surface area contributed by atoms with Crippen LogP contribution in [-0.2, 0) is 4.74 Å². The lowest BCUT2D eigenvalue weighted by atomic mass is 10.1. The fourth-order valence-corrected chi connectivity index (χ4v) is 1.80. The Kier molecular flexibility index (Phi) is 5.45. The molecule has 0 saturated carbocycles. The first-order valence-electron chi connectivity index (χ1n) is 6.97. The molecule has 1 aromatic carbocycles. The average molecular weight is 289 g/mol. The van der Waals surface area contributed by atoms with Gasteiger partial charge >= 0.3 is 0 Å². The lowest BCUT2D eigenvalue weighted by Crippen LogP contribution is -2.25. The zero-order valence-electron chi connectivity index (χ0n) is 12.3. The van der Waals surface area contributed by atoms with E-state index in [-0.39, 0.29) is 5.91 Å². The summed E-state index contributed by atoms with van der Waals surface area (Å²) in [5, 5.41) is 6.59. The number of hydrogen-bond donors (Lipinski definition) is 1. The number of aromatic nitrogens is 2. The smallest absolute Gasteiger partial charge is 0.257 e. The fraction of sp³-hybridized carbons (Fsp3) is 0.400. The summed E-state index contributed by atoms with van der Waals surface area (Å²) >= 11 is 0. The van der Waals surface area contributed by atoms with Gasteiger partial charge in [0.2, 0.25) is 0 Å². The molecule has 0 atom stereocenters. The van der Waals surface area contributed by atoms with E-state index >= 15 is 0 Å². The van der Waals surface area contributed by atoms with E-state index < -0.39 is 0 Å². The standard InChI is InChI=1S/C15H19N3O3/c1-3-20-10-4-9-16-14(19)12-5-7-13(8-6-12)15-17-11(2)18-21-15/h5-8H,3-4,9-10H2,1-2H3,(H,16,19). The van der Waals surface area contributed by atoms with E-state index in [1.54, 1.807) is 31.2 Å². The van der Waals surface area contributed by atoms with Crippen molar-refractivity contribution in [2.75, 3.05) is 19.8 Å². The number of carbonyl (C=O) groups excluding carboxylic acids is 1. The van der Waals surface area contributed by atoms with Crippen LogP contribution in [0.1, 0.15) is 29.5 Å². The Morgan fingerprint density at radius 1 is 1.33 bits per heavy atom. The number of aryl methyl sites for hydroxylation is 1. The van der Waals surface area contributed by atoms with Crippen molar-refractivity contribution in [2.45, 2.75) is 20.3 Å². The van der Waals surface area contributed by atoms with Crippen molar-refractivity contribution in [1.82, 2.24) is 15.5 Å². The maximum absolute atomic E-state index is 11.9. The van der Waals surface area contributed by atoms with Crippen molar-refractivity contribution in [3.63, 3.8) is 0 Å². The normalized spacial score (nSPS) is 10.6. The predicted molar refractivity (Wildman–Crippen MR) is 77.9 cm³/mol. The molecule has 1 aromatic heterocycles. The van der Waals surface area contributed by atoms with Crippen molar-refractivity contribution >= 4 is 5.91 Å². The molecular formula is C15H19N3O3. The van der Waals surface area contributed by atoms with Gasteiger partial charge in [-0.1, -0.05) is 5.16 Å². The third-order valence-corrected chi connectivity index (χ3v) is 2.88. The van der Waals surface area contributed by atoms with Gasteiger partial charge in [-0.25, -0.2) is 0 Å². The highest BCUT2D eigenvalue weighted by Crippen LogP contribution is 2.17. The predicted octanol–water partition coefficient (Wildman–Crippen LogP) is 2.20. The Hall–Kier alpha value is -2.21. The van der Waals surface area contributed by atoms with E-state index in [0.29, 0.717) is 37.0 Å². The number of benzene rings is 1. The summed E-state index contributed by atoms with van der Waals surface area (Å²) in [6.07, 6.45) is 0.804. The second-order valence-electron chi connectivity index (χ2n) is 4.53. The van der Waals surface area contributed by atoms with Crippen molar-refractivity contribution in [2.24, 2.45) is 0 Å². The summed E-state index contributed by atoms with van der Waals surface area (Å²) in [4.78, 5) is 16.1. The first kappa shape index (κ1) is 15.2. The summed E-state index contributed by atoms with van der Waals surface area (Å²) in [5.41, 5.74) is 1.40. The maximum atomic E-state index is 11.9. The minimum Gasteiger partial charge on any atom is -0.382 e. The van der Waals surface area contributed by atoms with Crippen molar-refractivity contribution in [3.05, 3.63) is 35.7 Å². The Bertz CT molecular complexity index is 578. The second kappa shape index (κ2) is 7.54. The van der Waals surface area contributed by atoms with Crippen LogP contribution in [0.25, 0.3) is 11.5 Å². The van der Waals surface area contributed by atoms with Crippen LogP contribution >= 0.6 is 0 Å². The van der Waals surface area contributed by atoms with Crippen LogP contribution in [0.2, 0.25) is 0 Å². The summed E-state index contributed by atoms with van der Waals surface area (Å²) in [6, 6.07) is 7.07. The molecule has 6 nitrogen and oxygen atoms in total. The highest BCUT2D eigenvalue weighted by Gasteiger charge is 2.08. The zero-order valence-corrected chi connectivity index (χ0v) is 12.3. The van der Waals surface area contributed by atoms with Gasteiger partial charge in [-0.3, -0.25) is 4.79 Å². The molecule has 1 N–H and O–H groups in total. The number of nitrogens with zero attached hydrogens (tertiary/aromatic N) is 2. The lowest BCUT2D eigenvalue weighted by molar-refractivity contribution is 0.0944. The molecule has 1 heterocycles. The van der Waals surface area contributed by atoms with Crippen LogP contribution < -0.4 is 5.32 Å². The van der Waals surface area contributed by atoms with Gasteiger partial charge in [-0.15, -0.1) is 0 Å². The molecule has 0 aliphatic carbocycles. The molecule has 0 aliphatic heterocycles. The SMILES string of the molecule is CCOCCCNC(=O)c1ccc(-c2nc(C)no2)cc1. The minimum absolute atomic E-state index is 0.0974. The molecule has 0 aliphatic rings. The molecule has 0 radical (unpaired) electrons. The number of ether oxygens (including phenoxy) is 1. The van der Waals surface area contributed by atoms with Crippen LogP contribution in [0.4, 0.5) is 0 Å². The molecule has 2 rings (SSSR count). The Morgan fingerprint density at radius 2 is 2.10 bits per heavy atom. The lowest BCUT2D eigenvalue weighted by Gasteiger charge is -2.05. The highest BCUT2D eigenvalue weighted by atomic mass is 16.5. The molecule has 112 valence electrons. The van der Waals surface area contributed by atoms with Crippen molar-refractivity contribution in [1.29, 1.82) is 0 Å². The van der Waals surface area contributed by atoms with Gasteiger partial charge < -0.3 is 14.6 Å². The van der Waals surface area contributed by atoms with E-state index in [0.717, 1.165) is 12.0 Å². The topological polar surface area (TPSA) is 77.2 Å². The maximum Gasteiger partial charge on any atom is 0.257 e. The number of nitrogens with one attached hydrogen (secondary N) is 1. The van der Waals surface area contributed by atoms with Gasteiger partial charge in [-0.05, 0) is 44.5 Å². The van der Waals surface area contributed by atoms with Crippen LogP contribution in [0, 0.1) is 6.92 Å². The van der Waals surface area contributed by atoms with Crippen LogP contribution in [0.3, 0.4) is 0 Å². The highest BCUT2D eigenvalue weighted by molar-refractivity contribution is 5.94. The fourth-order valence-electron chi connectivity index (χ4n) is 1.80. The molecule has 0 bridgehead atoms. The van der Waals surface area contributed by atoms with E-state index in [4.69, 9.17) is 9.26 Å². The van der Waals surface area contributed by atoms with Gasteiger partial charge in [0.15, 0.2) is 5.82 Å². The number of hydrogen-bond acceptors (Lipinski definition) is 5. The number of rotatable bonds is 7. The van der Waals surface area contributed by atoms with Crippen LogP contribution in [0.5, 0.6) is 0 Å². The quantitative estimate of drug-likeness (QED) is 0.791. The first-order chi connectivity index (χ1) is 10.2. The molecule has 2 aromatic rings. The Labute approximate surface area is 123 Å². The Balaban J connectivity index is 1.88. The van der Waals surface area contributed by atoms with Crippen LogP contribution in [0.15, 0.2) is 28.8 Å². The van der Waals surface area contributed by atoms with Gasteiger partial charge in [0.1, 0.15) is 0 Å². The summed E-state index contributed by atoms with van der Waals surface area (Å²) < 4.78 is 10.3. The van der Waals surface area contributed by atoms with Gasteiger partial charge in [0.05, 0.1) is 0 Å². The van der Waals surface area contributed by atoms with Gasteiger partial charge in [-0.2, -0.15) is 4.98 Å². The van der Waals surface area contributed by atoms with E-state index in [1.165, 1.54) is 0 Å². The second-order valence-corrected chi connectivity index (χ2v) is 4.53. The van der Waals surface area contributed by atoms with E-state index in [9.17, 15) is 4.79 Å². The molecule has 6 heteroatoms. The van der Waals surface area contributed by atoms with Crippen LogP contribution in [-0.4, -0.2) is 35.8 Å². The molecule has 0 unspecified atom stereocenters. The summed E-state index contributed by atoms with van der Waals surface area (Å²) in [6.45, 7) is 5.67. The molecule has 0 spiro atoms. The summed E-state index contributed by atoms with van der Waals surface area (Å²) in [7, 11) is 0. The van der Waals surface area contributed by atoms with Crippen molar-refractivity contribution in [3.8, 4) is 11.5 Å². The third kappa shape index (κ3) is 4.39. The van der Waals surface area contributed by atoms with Gasteiger partial charge in [0, 0.05) is 30.9 Å². The molecule has 0 fully saturated rings. The number of amides is 1. The minimum atomic E-state index is -0.0974. The number of carbonyl (C=O) groups is 1. The summed E-state index contributed by atoms with van der Waals surface area (Å²) in [5.74, 6) is 0.942. The molecular weight excluding hydrogens is 270 g/mol. The Morgan fingerprint density at radius 3 is 2.71 bits per heavy atom. The largest absolute Gasteiger partial charge is 0.382 e.